The minimum atomic E-state index is -1.00. The summed E-state index contributed by atoms with van der Waals surface area (Å²) in [6.45, 7) is -0.199. The SMILES string of the molecule is O=C(O)c1ccc2c(c1)CCC[C@H]1C[C@@](O)(CO)CC[C@@]21Cc1ccccc1. The summed E-state index contributed by atoms with van der Waals surface area (Å²) in [7, 11) is 0. The van der Waals surface area contributed by atoms with Gasteiger partial charge in [0.25, 0.3) is 0 Å². The van der Waals surface area contributed by atoms with Crippen LogP contribution in [0.5, 0.6) is 0 Å². The van der Waals surface area contributed by atoms with Crippen molar-refractivity contribution < 1.29 is 20.1 Å². The number of carboxylic acids is 1. The number of hydrogen-bond donors (Lipinski definition) is 3. The first-order valence-electron chi connectivity index (χ1n) is 10.2. The van der Waals surface area contributed by atoms with Gasteiger partial charge in [0.05, 0.1) is 17.8 Å². The van der Waals surface area contributed by atoms with E-state index in [1.165, 1.54) is 11.1 Å². The summed E-state index contributed by atoms with van der Waals surface area (Å²) in [6.07, 6.45) is 5.64. The lowest BCUT2D eigenvalue weighted by Gasteiger charge is -2.50. The lowest BCUT2D eigenvalue weighted by Crippen LogP contribution is -2.50. The van der Waals surface area contributed by atoms with Crippen LogP contribution >= 0.6 is 0 Å². The van der Waals surface area contributed by atoms with E-state index in [0.717, 1.165) is 37.7 Å². The zero-order valence-electron chi connectivity index (χ0n) is 16.1. The van der Waals surface area contributed by atoms with Gasteiger partial charge in [0, 0.05) is 5.41 Å². The number of rotatable bonds is 4. The van der Waals surface area contributed by atoms with Crippen molar-refractivity contribution in [2.24, 2.45) is 5.92 Å². The van der Waals surface area contributed by atoms with Crippen molar-refractivity contribution in [2.75, 3.05) is 6.61 Å². The van der Waals surface area contributed by atoms with Crippen LogP contribution in [0.2, 0.25) is 0 Å². The molecule has 0 amide bonds. The first-order chi connectivity index (χ1) is 13.5. The van der Waals surface area contributed by atoms with Gasteiger partial charge >= 0.3 is 5.97 Å². The van der Waals surface area contributed by atoms with E-state index in [4.69, 9.17) is 0 Å². The molecular weight excluding hydrogens is 352 g/mol. The number of carbonyl (C=O) groups is 1. The van der Waals surface area contributed by atoms with Crippen molar-refractivity contribution in [3.8, 4) is 0 Å². The van der Waals surface area contributed by atoms with Crippen LogP contribution < -0.4 is 0 Å². The molecule has 0 aliphatic heterocycles. The maximum absolute atomic E-state index is 11.5. The molecule has 148 valence electrons. The molecule has 1 fully saturated rings. The Morgan fingerprint density at radius 1 is 1.11 bits per heavy atom. The average molecular weight is 380 g/mol. The minimum absolute atomic E-state index is 0.133. The molecule has 2 aromatic carbocycles. The Hall–Kier alpha value is -2.17. The molecule has 4 nitrogen and oxygen atoms in total. The van der Waals surface area contributed by atoms with Crippen LogP contribution in [0.4, 0.5) is 0 Å². The lowest BCUT2D eigenvalue weighted by molar-refractivity contribution is -0.0802. The fraction of sp³-hybridized carbons (Fsp3) is 0.458. The molecule has 28 heavy (non-hydrogen) atoms. The van der Waals surface area contributed by atoms with Gasteiger partial charge in [-0.3, -0.25) is 0 Å². The van der Waals surface area contributed by atoms with Crippen LogP contribution in [0.25, 0.3) is 0 Å². The standard InChI is InChI=1S/C24H28O4/c25-16-23(28)11-12-24(14-17-5-2-1-3-6-17)20(15-23)8-4-7-18-13-19(22(26)27)9-10-21(18)24/h1-3,5-6,9-10,13,20,25,28H,4,7-8,11-12,14-16H2,(H,26,27)/t20-,23+,24-/m0/s1. The summed E-state index contributed by atoms with van der Waals surface area (Å²) in [4.78, 5) is 11.5. The second-order valence-electron chi connectivity index (χ2n) is 8.67. The number of hydrogen-bond acceptors (Lipinski definition) is 3. The molecule has 0 spiro atoms. The van der Waals surface area contributed by atoms with Gasteiger partial charge in [-0.2, -0.15) is 0 Å². The van der Waals surface area contributed by atoms with Crippen molar-refractivity contribution in [3.63, 3.8) is 0 Å². The summed E-state index contributed by atoms with van der Waals surface area (Å²) in [5, 5.41) is 30.0. The van der Waals surface area contributed by atoms with Crippen LogP contribution in [0, 0.1) is 5.92 Å². The number of aliphatic hydroxyl groups excluding tert-OH is 1. The van der Waals surface area contributed by atoms with Crippen molar-refractivity contribution in [3.05, 3.63) is 70.8 Å². The molecule has 0 heterocycles. The summed E-state index contributed by atoms with van der Waals surface area (Å²) >= 11 is 0. The van der Waals surface area contributed by atoms with Gasteiger partial charge in [-0.1, -0.05) is 36.4 Å². The average Bonchev–Trinajstić information content (AvgIpc) is 2.85. The van der Waals surface area contributed by atoms with Crippen LogP contribution in [0.3, 0.4) is 0 Å². The molecule has 0 radical (unpaired) electrons. The molecule has 0 aromatic heterocycles. The van der Waals surface area contributed by atoms with E-state index in [0.29, 0.717) is 18.4 Å². The second-order valence-corrected chi connectivity index (χ2v) is 8.67. The van der Waals surface area contributed by atoms with Crippen molar-refractivity contribution >= 4 is 5.97 Å². The largest absolute Gasteiger partial charge is 0.478 e. The molecule has 0 unspecified atom stereocenters. The smallest absolute Gasteiger partial charge is 0.335 e. The Balaban J connectivity index is 1.83. The highest BCUT2D eigenvalue weighted by molar-refractivity contribution is 5.88. The minimum Gasteiger partial charge on any atom is -0.478 e. The molecule has 3 N–H and O–H groups in total. The van der Waals surface area contributed by atoms with Crippen LogP contribution in [0.1, 0.15) is 59.2 Å². The first-order valence-corrected chi connectivity index (χ1v) is 10.2. The predicted octanol–water partition coefficient (Wildman–Crippen LogP) is 3.73. The monoisotopic (exact) mass is 380 g/mol. The molecule has 0 bridgehead atoms. The molecule has 1 saturated carbocycles. The molecule has 3 atom stereocenters. The maximum Gasteiger partial charge on any atom is 0.335 e. The fourth-order valence-electron chi connectivity index (χ4n) is 5.54. The molecule has 4 rings (SSSR count). The maximum atomic E-state index is 11.5. The van der Waals surface area contributed by atoms with Gasteiger partial charge in [-0.15, -0.1) is 0 Å². The highest BCUT2D eigenvalue weighted by atomic mass is 16.4. The number of aromatic carboxylic acids is 1. The van der Waals surface area contributed by atoms with Gasteiger partial charge < -0.3 is 15.3 Å². The van der Waals surface area contributed by atoms with Crippen LogP contribution in [-0.4, -0.2) is 33.5 Å². The van der Waals surface area contributed by atoms with Crippen LogP contribution in [0.15, 0.2) is 48.5 Å². The van der Waals surface area contributed by atoms with E-state index in [-0.39, 0.29) is 17.9 Å². The Morgan fingerprint density at radius 2 is 1.89 bits per heavy atom. The van der Waals surface area contributed by atoms with Crippen molar-refractivity contribution in [1.29, 1.82) is 0 Å². The van der Waals surface area contributed by atoms with Gasteiger partial charge in [0.1, 0.15) is 0 Å². The zero-order chi connectivity index (χ0) is 19.8. The molecule has 2 aromatic rings. The molecule has 0 saturated heterocycles. The number of carboxylic acid groups (broad SMARTS) is 1. The Labute approximate surface area is 165 Å². The Morgan fingerprint density at radius 3 is 2.61 bits per heavy atom. The second kappa shape index (κ2) is 7.34. The van der Waals surface area contributed by atoms with Gasteiger partial charge in [-0.05, 0) is 79.7 Å². The molecule has 2 aliphatic rings. The highest BCUT2D eigenvalue weighted by Crippen LogP contribution is 2.53. The number of fused-ring (bicyclic) bond motifs is 3. The van der Waals surface area contributed by atoms with E-state index in [2.05, 4.69) is 24.3 Å². The Kier molecular flexibility index (Phi) is 5.02. The highest BCUT2D eigenvalue weighted by Gasteiger charge is 2.50. The van der Waals surface area contributed by atoms with Gasteiger partial charge in [0.15, 0.2) is 0 Å². The molecule has 2 aliphatic carbocycles. The third-order valence-corrected chi connectivity index (χ3v) is 6.99. The Bertz CT molecular complexity index is 862. The third-order valence-electron chi connectivity index (χ3n) is 6.99. The van der Waals surface area contributed by atoms with E-state index < -0.39 is 11.6 Å². The number of benzene rings is 2. The van der Waals surface area contributed by atoms with Gasteiger partial charge in [-0.25, -0.2) is 4.79 Å². The predicted molar refractivity (Wildman–Crippen MR) is 108 cm³/mol. The lowest BCUT2D eigenvalue weighted by atomic mass is 9.56. The van der Waals surface area contributed by atoms with E-state index in [9.17, 15) is 20.1 Å². The summed E-state index contributed by atoms with van der Waals surface area (Å²) in [5.74, 6) is -0.630. The first kappa shape index (κ1) is 19.2. The summed E-state index contributed by atoms with van der Waals surface area (Å²) in [5.41, 5.74) is 2.84. The van der Waals surface area contributed by atoms with E-state index in [1.807, 2.05) is 18.2 Å². The normalized spacial score (nSPS) is 29.4. The number of aliphatic hydroxyl groups is 2. The number of aryl methyl sites for hydroxylation is 1. The van der Waals surface area contributed by atoms with E-state index >= 15 is 0 Å². The summed E-state index contributed by atoms with van der Waals surface area (Å²) in [6, 6.07) is 16.0. The quantitative estimate of drug-likeness (QED) is 0.755. The summed E-state index contributed by atoms with van der Waals surface area (Å²) < 4.78 is 0. The molecule has 4 heteroatoms. The van der Waals surface area contributed by atoms with Gasteiger partial charge in [0.2, 0.25) is 0 Å². The zero-order valence-corrected chi connectivity index (χ0v) is 16.1. The topological polar surface area (TPSA) is 77.8 Å². The van der Waals surface area contributed by atoms with Crippen molar-refractivity contribution in [2.45, 2.75) is 56.0 Å². The van der Waals surface area contributed by atoms with Crippen LogP contribution in [-0.2, 0) is 18.3 Å². The van der Waals surface area contributed by atoms with Crippen molar-refractivity contribution in [1.82, 2.24) is 0 Å². The third kappa shape index (κ3) is 3.36. The fourth-order valence-corrected chi connectivity index (χ4v) is 5.54. The molecular formula is C24H28O4. The van der Waals surface area contributed by atoms with E-state index in [1.54, 1.807) is 6.07 Å².